The minimum Gasteiger partial charge on any atom is -0.474 e. The van der Waals surface area contributed by atoms with Crippen LogP contribution in [0.5, 0.6) is 5.88 Å². The van der Waals surface area contributed by atoms with Crippen molar-refractivity contribution in [3.63, 3.8) is 0 Å². The number of halogens is 1. The lowest BCUT2D eigenvalue weighted by Gasteiger charge is -2.08. The zero-order valence-corrected chi connectivity index (χ0v) is 11.8. The molecule has 0 amide bonds. The minimum atomic E-state index is 0.213. The van der Waals surface area contributed by atoms with E-state index in [0.717, 1.165) is 11.1 Å². The number of ether oxygens (including phenoxy) is 1. The molecule has 0 spiro atoms. The fourth-order valence-electron chi connectivity index (χ4n) is 1.89. The molecule has 1 heterocycles. The van der Waals surface area contributed by atoms with Crippen LogP contribution in [0.2, 0.25) is 5.02 Å². The Morgan fingerprint density at radius 3 is 2.74 bits per heavy atom. The van der Waals surface area contributed by atoms with Crippen LogP contribution in [0.4, 0.5) is 0 Å². The number of nitrogens with zero attached hydrogens (tertiary/aromatic N) is 1. The van der Waals surface area contributed by atoms with Gasteiger partial charge in [0, 0.05) is 12.1 Å². The van der Waals surface area contributed by atoms with Gasteiger partial charge in [0.15, 0.2) is 5.76 Å². The summed E-state index contributed by atoms with van der Waals surface area (Å²) in [4.78, 5) is 0. The van der Waals surface area contributed by atoms with Gasteiger partial charge in [0.25, 0.3) is 5.88 Å². The summed E-state index contributed by atoms with van der Waals surface area (Å²) in [6.45, 7) is 4.96. The molecule has 0 atom stereocenters. The molecule has 2 rings (SSSR count). The lowest BCUT2D eigenvalue weighted by atomic mass is 10.00. The molecule has 1 aromatic carbocycles. The molecule has 0 saturated carbocycles. The average molecular weight is 281 g/mol. The molecule has 0 aliphatic heterocycles. The fraction of sp³-hybridized carbons (Fsp3) is 0.357. The highest BCUT2D eigenvalue weighted by molar-refractivity contribution is 6.33. The molecule has 0 unspecified atom stereocenters. The molecule has 1 aromatic heterocycles. The average Bonchev–Trinajstić information content (AvgIpc) is 2.80. The standard InChI is InChI=1S/C14H17ClN2O2/c1-9(2)12-13(10-5-3-4-6-11(10)15)19-17-14(12)18-8-7-16/h3-6,9H,7-8,16H2,1-2H3. The third-order valence-corrected chi connectivity index (χ3v) is 3.08. The summed E-state index contributed by atoms with van der Waals surface area (Å²) in [5.41, 5.74) is 7.18. The molecular formula is C14H17ClN2O2. The number of rotatable bonds is 5. The van der Waals surface area contributed by atoms with Crippen LogP contribution >= 0.6 is 11.6 Å². The van der Waals surface area contributed by atoms with Crippen LogP contribution in [0.1, 0.15) is 25.3 Å². The van der Waals surface area contributed by atoms with Gasteiger partial charge in [0.2, 0.25) is 0 Å². The summed E-state index contributed by atoms with van der Waals surface area (Å²) in [6, 6.07) is 7.52. The van der Waals surface area contributed by atoms with E-state index in [0.29, 0.717) is 29.8 Å². The Balaban J connectivity index is 2.46. The predicted molar refractivity (Wildman–Crippen MR) is 75.6 cm³/mol. The van der Waals surface area contributed by atoms with Gasteiger partial charge < -0.3 is 15.0 Å². The summed E-state index contributed by atoms with van der Waals surface area (Å²) in [5.74, 6) is 1.37. The first kappa shape index (κ1) is 13.9. The van der Waals surface area contributed by atoms with Crippen LogP contribution in [0, 0.1) is 0 Å². The maximum absolute atomic E-state index is 6.20. The van der Waals surface area contributed by atoms with Gasteiger partial charge in [-0.15, -0.1) is 0 Å². The quantitative estimate of drug-likeness (QED) is 0.911. The van der Waals surface area contributed by atoms with Crippen LogP contribution in [-0.4, -0.2) is 18.3 Å². The van der Waals surface area contributed by atoms with E-state index in [9.17, 15) is 0 Å². The topological polar surface area (TPSA) is 61.3 Å². The second-order valence-electron chi connectivity index (χ2n) is 4.50. The molecule has 0 bridgehead atoms. The molecule has 19 heavy (non-hydrogen) atoms. The molecule has 0 fully saturated rings. The van der Waals surface area contributed by atoms with Crippen LogP contribution < -0.4 is 10.5 Å². The SMILES string of the molecule is CC(C)c1c(OCCN)noc1-c1ccccc1Cl. The summed E-state index contributed by atoms with van der Waals surface area (Å²) in [5, 5.41) is 4.61. The van der Waals surface area contributed by atoms with Gasteiger partial charge in [-0.3, -0.25) is 0 Å². The Bertz CT molecular complexity index is 552. The van der Waals surface area contributed by atoms with Crippen molar-refractivity contribution in [3.8, 4) is 17.2 Å². The van der Waals surface area contributed by atoms with E-state index < -0.39 is 0 Å². The van der Waals surface area contributed by atoms with Crippen molar-refractivity contribution in [2.75, 3.05) is 13.2 Å². The number of benzene rings is 1. The van der Waals surface area contributed by atoms with Crippen LogP contribution in [0.15, 0.2) is 28.8 Å². The van der Waals surface area contributed by atoms with Crippen molar-refractivity contribution in [2.45, 2.75) is 19.8 Å². The molecule has 0 aliphatic carbocycles. The van der Waals surface area contributed by atoms with E-state index in [2.05, 4.69) is 19.0 Å². The van der Waals surface area contributed by atoms with E-state index in [1.807, 2.05) is 24.3 Å². The second kappa shape index (κ2) is 6.08. The molecule has 2 N–H and O–H groups in total. The summed E-state index contributed by atoms with van der Waals surface area (Å²) >= 11 is 6.20. The maximum atomic E-state index is 6.20. The number of hydrogen-bond donors (Lipinski definition) is 1. The molecule has 5 heteroatoms. The van der Waals surface area contributed by atoms with E-state index >= 15 is 0 Å². The molecule has 2 aromatic rings. The summed E-state index contributed by atoms with van der Waals surface area (Å²) in [7, 11) is 0. The monoisotopic (exact) mass is 280 g/mol. The normalized spacial score (nSPS) is 11.0. The lowest BCUT2D eigenvalue weighted by Crippen LogP contribution is -2.11. The fourth-order valence-corrected chi connectivity index (χ4v) is 2.11. The highest BCUT2D eigenvalue weighted by Crippen LogP contribution is 2.38. The molecule has 0 aliphatic rings. The van der Waals surface area contributed by atoms with Gasteiger partial charge in [-0.2, -0.15) is 0 Å². The lowest BCUT2D eigenvalue weighted by molar-refractivity contribution is 0.286. The minimum absolute atomic E-state index is 0.213. The van der Waals surface area contributed by atoms with Crippen LogP contribution in [-0.2, 0) is 0 Å². The van der Waals surface area contributed by atoms with Gasteiger partial charge in [0.05, 0.1) is 10.6 Å². The van der Waals surface area contributed by atoms with Crippen molar-refractivity contribution in [3.05, 3.63) is 34.9 Å². The third-order valence-electron chi connectivity index (χ3n) is 2.75. The number of aromatic nitrogens is 1. The van der Waals surface area contributed by atoms with Gasteiger partial charge in [-0.1, -0.05) is 37.6 Å². The van der Waals surface area contributed by atoms with Crippen molar-refractivity contribution >= 4 is 11.6 Å². The zero-order chi connectivity index (χ0) is 13.8. The van der Waals surface area contributed by atoms with Gasteiger partial charge in [0.1, 0.15) is 6.61 Å². The maximum Gasteiger partial charge on any atom is 0.258 e. The Labute approximate surface area is 117 Å². The smallest absolute Gasteiger partial charge is 0.258 e. The first-order valence-corrected chi connectivity index (χ1v) is 6.60. The third kappa shape index (κ3) is 2.91. The van der Waals surface area contributed by atoms with E-state index in [1.165, 1.54) is 0 Å². The highest BCUT2D eigenvalue weighted by Gasteiger charge is 2.22. The molecular weight excluding hydrogens is 264 g/mol. The number of nitrogens with two attached hydrogens (primary N) is 1. The van der Waals surface area contributed by atoms with Crippen LogP contribution in [0.3, 0.4) is 0 Å². The molecule has 102 valence electrons. The number of hydrogen-bond acceptors (Lipinski definition) is 4. The Kier molecular flexibility index (Phi) is 4.45. The summed E-state index contributed by atoms with van der Waals surface area (Å²) < 4.78 is 10.9. The van der Waals surface area contributed by atoms with Crippen molar-refractivity contribution < 1.29 is 9.26 Å². The first-order valence-electron chi connectivity index (χ1n) is 6.22. The van der Waals surface area contributed by atoms with Crippen molar-refractivity contribution in [1.82, 2.24) is 5.16 Å². The zero-order valence-electron chi connectivity index (χ0n) is 11.0. The first-order chi connectivity index (χ1) is 9.15. The van der Waals surface area contributed by atoms with Crippen LogP contribution in [0.25, 0.3) is 11.3 Å². The Morgan fingerprint density at radius 1 is 1.37 bits per heavy atom. The molecule has 4 nitrogen and oxygen atoms in total. The van der Waals surface area contributed by atoms with Gasteiger partial charge >= 0.3 is 0 Å². The predicted octanol–water partition coefficient (Wildman–Crippen LogP) is 3.46. The second-order valence-corrected chi connectivity index (χ2v) is 4.91. The van der Waals surface area contributed by atoms with E-state index in [1.54, 1.807) is 0 Å². The highest BCUT2D eigenvalue weighted by atomic mass is 35.5. The largest absolute Gasteiger partial charge is 0.474 e. The summed E-state index contributed by atoms with van der Waals surface area (Å²) in [6.07, 6.45) is 0. The Hall–Kier alpha value is -1.52. The Morgan fingerprint density at radius 2 is 2.11 bits per heavy atom. The van der Waals surface area contributed by atoms with E-state index in [-0.39, 0.29) is 5.92 Å². The van der Waals surface area contributed by atoms with Gasteiger partial charge in [-0.05, 0) is 23.2 Å². The van der Waals surface area contributed by atoms with Gasteiger partial charge in [-0.25, -0.2) is 0 Å². The van der Waals surface area contributed by atoms with E-state index in [4.69, 9.17) is 26.6 Å². The molecule has 0 radical (unpaired) electrons. The van der Waals surface area contributed by atoms with Crippen molar-refractivity contribution in [1.29, 1.82) is 0 Å². The van der Waals surface area contributed by atoms with Crippen molar-refractivity contribution in [2.24, 2.45) is 5.73 Å². The molecule has 0 saturated heterocycles.